The first-order valence-electron chi connectivity index (χ1n) is 9.14. The Morgan fingerprint density at radius 3 is 2.38 bits per heavy atom. The van der Waals surface area contributed by atoms with Gasteiger partial charge in [-0.15, -0.1) is 0 Å². The van der Waals surface area contributed by atoms with Crippen LogP contribution in [0.3, 0.4) is 0 Å². The van der Waals surface area contributed by atoms with Gasteiger partial charge in [-0.05, 0) is 42.4 Å². The molecule has 7 heteroatoms. The highest BCUT2D eigenvalue weighted by molar-refractivity contribution is 7.89. The van der Waals surface area contributed by atoms with E-state index in [1.54, 1.807) is 12.1 Å². The molecule has 1 amide bonds. The predicted molar refractivity (Wildman–Crippen MR) is 102 cm³/mol. The molecule has 1 saturated heterocycles. The zero-order valence-electron chi connectivity index (χ0n) is 16.1. The fourth-order valence-corrected chi connectivity index (χ4v) is 4.65. The molecule has 0 aromatic heterocycles. The van der Waals surface area contributed by atoms with Crippen LogP contribution in [0.25, 0.3) is 0 Å². The van der Waals surface area contributed by atoms with E-state index in [1.165, 1.54) is 4.31 Å². The van der Waals surface area contributed by atoms with E-state index in [4.69, 9.17) is 10.5 Å². The Kier molecular flexibility index (Phi) is 6.34. The molecular formula is C19H30N2O4S. The third kappa shape index (κ3) is 4.57. The molecule has 0 unspecified atom stereocenters. The molecule has 0 radical (unpaired) electrons. The molecule has 26 heavy (non-hydrogen) atoms. The molecule has 6 nitrogen and oxygen atoms in total. The Hall–Kier alpha value is -1.60. The number of amides is 1. The van der Waals surface area contributed by atoms with Crippen molar-refractivity contribution in [3.8, 4) is 5.75 Å². The van der Waals surface area contributed by atoms with Crippen molar-refractivity contribution in [1.29, 1.82) is 0 Å². The summed E-state index contributed by atoms with van der Waals surface area (Å²) in [5, 5.41) is 0. The van der Waals surface area contributed by atoms with Gasteiger partial charge in [0.2, 0.25) is 15.9 Å². The van der Waals surface area contributed by atoms with Gasteiger partial charge in [0.1, 0.15) is 10.6 Å². The van der Waals surface area contributed by atoms with Crippen molar-refractivity contribution in [2.45, 2.75) is 57.3 Å². The van der Waals surface area contributed by atoms with Crippen LogP contribution in [0.1, 0.15) is 52.5 Å². The van der Waals surface area contributed by atoms with E-state index in [1.807, 2.05) is 33.8 Å². The summed E-state index contributed by atoms with van der Waals surface area (Å²) in [4.78, 5) is 11.5. The van der Waals surface area contributed by atoms with E-state index in [0.29, 0.717) is 38.3 Å². The number of hydrogen-bond donors (Lipinski definition) is 1. The number of rotatable bonds is 6. The van der Waals surface area contributed by atoms with Gasteiger partial charge >= 0.3 is 0 Å². The first-order chi connectivity index (χ1) is 12.1. The number of nitrogens with two attached hydrogens (primary N) is 1. The summed E-state index contributed by atoms with van der Waals surface area (Å²) >= 11 is 0. The van der Waals surface area contributed by atoms with Crippen molar-refractivity contribution in [3.05, 3.63) is 23.8 Å². The first-order valence-corrected chi connectivity index (χ1v) is 10.6. The summed E-state index contributed by atoms with van der Waals surface area (Å²) in [6.07, 6.45) is 1.71. The number of nitrogens with zero attached hydrogens (tertiary/aromatic N) is 1. The molecule has 1 aromatic rings. The van der Waals surface area contributed by atoms with Crippen LogP contribution in [0.15, 0.2) is 23.1 Å². The lowest BCUT2D eigenvalue weighted by molar-refractivity contribution is -0.122. The molecule has 0 atom stereocenters. The van der Waals surface area contributed by atoms with E-state index in [0.717, 1.165) is 12.0 Å². The molecule has 0 spiro atoms. The minimum atomic E-state index is -3.70. The monoisotopic (exact) mass is 382 g/mol. The molecule has 0 bridgehead atoms. The number of carbonyl (C=O) groups excluding carboxylic acids is 1. The highest BCUT2D eigenvalue weighted by Gasteiger charge is 2.34. The van der Waals surface area contributed by atoms with E-state index < -0.39 is 10.0 Å². The summed E-state index contributed by atoms with van der Waals surface area (Å²) in [6, 6.07) is 5.39. The van der Waals surface area contributed by atoms with Crippen LogP contribution in [0.4, 0.5) is 0 Å². The lowest BCUT2D eigenvalue weighted by atomic mass is 9.87. The third-order valence-corrected chi connectivity index (χ3v) is 6.67. The topological polar surface area (TPSA) is 89.7 Å². The van der Waals surface area contributed by atoms with Gasteiger partial charge in [-0.3, -0.25) is 4.79 Å². The van der Waals surface area contributed by atoms with Crippen LogP contribution in [0.2, 0.25) is 0 Å². The third-order valence-electron chi connectivity index (χ3n) is 4.75. The predicted octanol–water partition coefficient (Wildman–Crippen LogP) is 2.66. The fourth-order valence-electron chi connectivity index (χ4n) is 3.03. The van der Waals surface area contributed by atoms with Crippen molar-refractivity contribution in [3.63, 3.8) is 0 Å². The fraction of sp³-hybridized carbons (Fsp3) is 0.632. The van der Waals surface area contributed by atoms with Crippen molar-refractivity contribution >= 4 is 15.9 Å². The molecule has 2 rings (SSSR count). The number of carbonyl (C=O) groups is 1. The lowest BCUT2D eigenvalue weighted by Gasteiger charge is -2.30. The highest BCUT2D eigenvalue weighted by Crippen LogP contribution is 2.34. The standard InChI is InChI=1S/C19H30N2O4S/c1-5-12-25-16-7-6-15(19(2,3)4)13-17(16)26(23,24)21-10-8-14(9-11-21)18(20)22/h6-7,13-14H,5,8-12H2,1-4H3,(H2,20,22). The lowest BCUT2D eigenvalue weighted by Crippen LogP contribution is -2.41. The second-order valence-electron chi connectivity index (χ2n) is 7.84. The van der Waals surface area contributed by atoms with Crippen LogP contribution in [-0.2, 0) is 20.2 Å². The maximum Gasteiger partial charge on any atom is 0.246 e. The van der Waals surface area contributed by atoms with Crippen LogP contribution in [0.5, 0.6) is 5.75 Å². The molecule has 0 aliphatic carbocycles. The summed E-state index contributed by atoms with van der Waals surface area (Å²) in [6.45, 7) is 9.16. The maximum absolute atomic E-state index is 13.3. The Balaban J connectivity index is 2.38. The Labute approximate surface area is 156 Å². The summed E-state index contributed by atoms with van der Waals surface area (Å²) in [7, 11) is -3.70. The van der Waals surface area contributed by atoms with Gasteiger partial charge < -0.3 is 10.5 Å². The molecular weight excluding hydrogens is 352 g/mol. The minimum absolute atomic E-state index is 0.174. The van der Waals surface area contributed by atoms with E-state index >= 15 is 0 Å². The first kappa shape index (κ1) is 20.7. The zero-order chi connectivity index (χ0) is 19.5. The molecule has 1 aromatic carbocycles. The minimum Gasteiger partial charge on any atom is -0.492 e. The molecule has 1 heterocycles. The number of primary amides is 1. The smallest absolute Gasteiger partial charge is 0.246 e. The number of piperidine rings is 1. The maximum atomic E-state index is 13.3. The number of ether oxygens (including phenoxy) is 1. The second-order valence-corrected chi connectivity index (χ2v) is 9.75. The quantitative estimate of drug-likeness (QED) is 0.819. The Bertz CT molecular complexity index is 745. The largest absolute Gasteiger partial charge is 0.492 e. The van der Waals surface area contributed by atoms with Gasteiger partial charge in [-0.2, -0.15) is 4.31 Å². The van der Waals surface area contributed by atoms with Crippen molar-refractivity contribution in [1.82, 2.24) is 4.31 Å². The average molecular weight is 383 g/mol. The molecule has 0 saturated carbocycles. The van der Waals surface area contributed by atoms with Gasteiger partial charge in [0.15, 0.2) is 0 Å². The van der Waals surface area contributed by atoms with Crippen molar-refractivity contribution in [2.24, 2.45) is 11.7 Å². The number of hydrogen-bond acceptors (Lipinski definition) is 4. The molecule has 1 aliphatic rings. The molecule has 1 fully saturated rings. The van der Waals surface area contributed by atoms with E-state index in [9.17, 15) is 13.2 Å². The Morgan fingerprint density at radius 2 is 1.88 bits per heavy atom. The molecule has 1 aliphatic heterocycles. The summed E-state index contributed by atoms with van der Waals surface area (Å²) < 4.78 is 33.7. The second kappa shape index (κ2) is 7.96. The SMILES string of the molecule is CCCOc1ccc(C(C)(C)C)cc1S(=O)(=O)N1CCC(C(N)=O)CC1. The van der Waals surface area contributed by atoms with Gasteiger partial charge in [-0.25, -0.2) is 8.42 Å². The van der Waals surface area contributed by atoms with Gasteiger partial charge in [0, 0.05) is 19.0 Å². The number of sulfonamides is 1. The molecule has 2 N–H and O–H groups in total. The van der Waals surface area contributed by atoms with E-state index in [2.05, 4.69) is 0 Å². The van der Waals surface area contributed by atoms with E-state index in [-0.39, 0.29) is 22.1 Å². The van der Waals surface area contributed by atoms with Crippen LogP contribution < -0.4 is 10.5 Å². The average Bonchev–Trinajstić information content (AvgIpc) is 2.59. The van der Waals surface area contributed by atoms with Crippen LogP contribution in [0, 0.1) is 5.92 Å². The van der Waals surface area contributed by atoms with Crippen LogP contribution in [-0.4, -0.2) is 38.3 Å². The number of benzene rings is 1. The van der Waals surface area contributed by atoms with Gasteiger partial charge in [-0.1, -0.05) is 33.8 Å². The molecule has 146 valence electrons. The summed E-state index contributed by atoms with van der Waals surface area (Å²) in [5.74, 6) is -0.223. The van der Waals surface area contributed by atoms with Crippen molar-refractivity contribution < 1.29 is 17.9 Å². The normalized spacial score (nSPS) is 17.2. The zero-order valence-corrected chi connectivity index (χ0v) is 16.9. The van der Waals surface area contributed by atoms with Gasteiger partial charge in [0.25, 0.3) is 0 Å². The highest BCUT2D eigenvalue weighted by atomic mass is 32.2. The van der Waals surface area contributed by atoms with Crippen LogP contribution >= 0.6 is 0 Å². The summed E-state index contributed by atoms with van der Waals surface area (Å²) in [5.41, 5.74) is 6.12. The Morgan fingerprint density at radius 1 is 1.27 bits per heavy atom. The van der Waals surface area contributed by atoms with Gasteiger partial charge in [0.05, 0.1) is 6.61 Å². The van der Waals surface area contributed by atoms with Crippen molar-refractivity contribution in [2.75, 3.05) is 19.7 Å².